The van der Waals surface area contributed by atoms with E-state index in [2.05, 4.69) is 20.9 Å². The molecule has 4 rings (SSSR count). The van der Waals surface area contributed by atoms with E-state index >= 15 is 0 Å². The van der Waals surface area contributed by atoms with Gasteiger partial charge in [0, 0.05) is 7.05 Å². The van der Waals surface area contributed by atoms with E-state index in [0.717, 1.165) is 9.01 Å². The number of carbonyl (C=O) groups is 3. The Kier molecular flexibility index (Phi) is 6.01. The van der Waals surface area contributed by atoms with Crippen molar-refractivity contribution in [3.05, 3.63) is 42.0 Å². The lowest BCUT2D eigenvalue weighted by Gasteiger charge is -2.17. The number of nitrogens with zero attached hydrogens (tertiary/aromatic N) is 2. The third-order valence-corrected chi connectivity index (χ3v) is 7.57. The number of benzene rings is 2. The average molecular weight is 490 g/mol. The van der Waals surface area contributed by atoms with Crippen molar-refractivity contribution in [2.45, 2.75) is 4.90 Å². The van der Waals surface area contributed by atoms with Gasteiger partial charge in [-0.1, -0.05) is 11.3 Å². The van der Waals surface area contributed by atoms with Crippen LogP contribution in [0.25, 0.3) is 10.2 Å². The second-order valence-electron chi connectivity index (χ2n) is 7.10. The Morgan fingerprint density at radius 2 is 2.03 bits per heavy atom. The molecule has 0 saturated carbocycles. The minimum absolute atomic E-state index is 0.0182. The van der Waals surface area contributed by atoms with Crippen LogP contribution in [0.1, 0.15) is 10.4 Å². The van der Waals surface area contributed by atoms with Gasteiger partial charge in [-0.05, 0) is 36.4 Å². The highest BCUT2D eigenvalue weighted by Crippen LogP contribution is 2.29. The maximum Gasteiger partial charge on any atom is 0.253 e. The largest absolute Gasteiger partial charge is 0.497 e. The minimum atomic E-state index is -4.10. The summed E-state index contributed by atoms with van der Waals surface area (Å²) in [6, 6.07) is 9.07. The van der Waals surface area contributed by atoms with Crippen molar-refractivity contribution in [3.63, 3.8) is 0 Å². The molecule has 11 nitrogen and oxygen atoms in total. The third kappa shape index (κ3) is 4.65. The monoisotopic (exact) mass is 489 g/mol. The molecule has 3 N–H and O–H groups in total. The summed E-state index contributed by atoms with van der Waals surface area (Å²) in [7, 11) is -1.29. The Morgan fingerprint density at radius 3 is 2.79 bits per heavy atom. The van der Waals surface area contributed by atoms with Gasteiger partial charge in [0.05, 0.1) is 46.6 Å². The fourth-order valence-corrected chi connectivity index (χ4v) is 5.21. The Morgan fingerprint density at radius 1 is 1.24 bits per heavy atom. The predicted molar refractivity (Wildman–Crippen MR) is 122 cm³/mol. The van der Waals surface area contributed by atoms with E-state index in [4.69, 9.17) is 4.74 Å². The maximum absolute atomic E-state index is 13.0. The number of nitrogens with one attached hydrogen (secondary N) is 3. The molecule has 33 heavy (non-hydrogen) atoms. The van der Waals surface area contributed by atoms with Gasteiger partial charge in [-0.2, -0.15) is 4.31 Å². The number of ether oxygens (including phenoxy) is 1. The van der Waals surface area contributed by atoms with Crippen molar-refractivity contribution < 1.29 is 27.5 Å². The van der Waals surface area contributed by atoms with Gasteiger partial charge in [0.2, 0.25) is 21.8 Å². The van der Waals surface area contributed by atoms with Crippen LogP contribution in [-0.2, 0) is 19.6 Å². The van der Waals surface area contributed by atoms with Crippen LogP contribution in [0.5, 0.6) is 5.75 Å². The summed E-state index contributed by atoms with van der Waals surface area (Å²) < 4.78 is 32.8. The highest BCUT2D eigenvalue weighted by atomic mass is 32.2. The summed E-state index contributed by atoms with van der Waals surface area (Å²) in [4.78, 5) is 40.4. The van der Waals surface area contributed by atoms with E-state index < -0.39 is 34.3 Å². The molecule has 0 atom stereocenters. The van der Waals surface area contributed by atoms with Gasteiger partial charge in [-0.25, -0.2) is 13.4 Å². The third-order valence-electron chi connectivity index (χ3n) is 4.84. The Balaban J connectivity index is 1.49. The van der Waals surface area contributed by atoms with Crippen LogP contribution in [0.15, 0.2) is 41.3 Å². The fraction of sp³-hybridized carbons (Fsp3) is 0.200. The number of methoxy groups -OCH3 is 1. The van der Waals surface area contributed by atoms with E-state index in [1.807, 2.05) is 0 Å². The molecule has 1 aromatic heterocycles. The van der Waals surface area contributed by atoms with Crippen LogP contribution >= 0.6 is 11.3 Å². The summed E-state index contributed by atoms with van der Waals surface area (Å²) in [5.74, 6) is -0.913. The summed E-state index contributed by atoms with van der Waals surface area (Å²) in [5.41, 5.74) is 0.902. The van der Waals surface area contributed by atoms with Crippen molar-refractivity contribution in [1.82, 2.24) is 14.6 Å². The molecule has 0 radical (unpaired) electrons. The van der Waals surface area contributed by atoms with E-state index in [1.54, 1.807) is 25.3 Å². The van der Waals surface area contributed by atoms with Crippen molar-refractivity contribution in [2.75, 3.05) is 37.9 Å². The zero-order valence-electron chi connectivity index (χ0n) is 17.5. The number of hydrogen-bond donors (Lipinski definition) is 3. The molecule has 3 amide bonds. The number of rotatable bonds is 6. The Hall–Kier alpha value is -3.55. The van der Waals surface area contributed by atoms with Crippen LogP contribution < -0.4 is 20.7 Å². The van der Waals surface area contributed by atoms with E-state index in [0.29, 0.717) is 16.4 Å². The molecule has 172 valence electrons. The first-order valence-corrected chi connectivity index (χ1v) is 11.9. The molecular weight excluding hydrogens is 470 g/mol. The van der Waals surface area contributed by atoms with Crippen LogP contribution in [-0.4, -0.2) is 62.7 Å². The molecule has 0 fully saturated rings. The lowest BCUT2D eigenvalue weighted by molar-refractivity contribution is -0.116. The predicted octanol–water partition coefficient (Wildman–Crippen LogP) is 1.25. The average Bonchev–Trinajstić information content (AvgIpc) is 3.11. The maximum atomic E-state index is 13.0. The van der Waals surface area contributed by atoms with E-state index in [-0.39, 0.29) is 22.7 Å². The van der Waals surface area contributed by atoms with Crippen LogP contribution in [0.3, 0.4) is 0 Å². The van der Waals surface area contributed by atoms with Crippen molar-refractivity contribution in [1.29, 1.82) is 0 Å². The smallest absolute Gasteiger partial charge is 0.253 e. The van der Waals surface area contributed by atoms with E-state index in [1.165, 1.54) is 36.6 Å². The molecule has 1 aliphatic heterocycles. The quantitative estimate of drug-likeness (QED) is 0.472. The lowest BCUT2D eigenvalue weighted by atomic mass is 10.1. The van der Waals surface area contributed by atoms with Crippen LogP contribution in [0.4, 0.5) is 10.8 Å². The Bertz CT molecular complexity index is 1380. The molecule has 0 saturated heterocycles. The van der Waals surface area contributed by atoms with Gasteiger partial charge in [0.25, 0.3) is 5.91 Å². The number of likely N-dealkylation sites (N-methyl/N-ethyl adjacent to an activating group) is 1. The van der Waals surface area contributed by atoms with Gasteiger partial charge >= 0.3 is 0 Å². The second-order valence-corrected chi connectivity index (χ2v) is 10.2. The Labute approximate surface area is 192 Å². The number of carbonyl (C=O) groups excluding carboxylic acids is 3. The number of sulfonamides is 1. The highest BCUT2D eigenvalue weighted by molar-refractivity contribution is 7.89. The first-order valence-electron chi connectivity index (χ1n) is 9.60. The van der Waals surface area contributed by atoms with Gasteiger partial charge < -0.3 is 20.7 Å². The normalized spacial score (nSPS) is 13.8. The van der Waals surface area contributed by atoms with Crippen molar-refractivity contribution in [3.8, 4) is 5.75 Å². The van der Waals surface area contributed by atoms with Crippen molar-refractivity contribution >= 4 is 60.1 Å². The molecular formula is C20H19N5O6S2. The second kappa shape index (κ2) is 8.77. The van der Waals surface area contributed by atoms with Gasteiger partial charge in [-0.3, -0.25) is 14.4 Å². The fourth-order valence-electron chi connectivity index (χ4n) is 3.14. The van der Waals surface area contributed by atoms with Crippen LogP contribution in [0.2, 0.25) is 0 Å². The standard InChI is InChI=1S/C20H19N5O6S2/c1-25(10-18(27)24-20-23-15-5-3-11(31-2)7-16(15)32-20)33(29,30)12-4-6-14-13(8-12)19(28)21-9-17(26)22-14/h3-8H,9-10H2,1-2H3,(H,21,28)(H,22,26)(H,23,24,27). The molecule has 0 aliphatic carbocycles. The van der Waals surface area contributed by atoms with Crippen LogP contribution in [0, 0.1) is 0 Å². The number of fused-ring (bicyclic) bond motifs is 2. The van der Waals surface area contributed by atoms with Gasteiger partial charge in [-0.15, -0.1) is 0 Å². The molecule has 0 unspecified atom stereocenters. The van der Waals surface area contributed by atoms with Gasteiger partial charge in [0.15, 0.2) is 5.13 Å². The zero-order valence-corrected chi connectivity index (χ0v) is 19.2. The van der Waals surface area contributed by atoms with Crippen molar-refractivity contribution in [2.24, 2.45) is 0 Å². The zero-order chi connectivity index (χ0) is 23.8. The number of aromatic nitrogens is 1. The summed E-state index contributed by atoms with van der Waals surface area (Å²) in [6.07, 6.45) is 0. The number of hydrogen-bond acceptors (Lipinski definition) is 8. The van der Waals surface area contributed by atoms with E-state index in [9.17, 15) is 22.8 Å². The lowest BCUT2D eigenvalue weighted by Crippen LogP contribution is -2.35. The molecule has 2 aromatic carbocycles. The highest BCUT2D eigenvalue weighted by Gasteiger charge is 2.27. The summed E-state index contributed by atoms with van der Waals surface area (Å²) in [5, 5.41) is 7.86. The number of anilines is 2. The molecule has 0 spiro atoms. The molecule has 3 aromatic rings. The topological polar surface area (TPSA) is 147 Å². The molecule has 2 heterocycles. The first kappa shape index (κ1) is 22.6. The summed E-state index contributed by atoms with van der Waals surface area (Å²) in [6.45, 7) is -0.685. The number of amides is 3. The SMILES string of the molecule is COc1ccc2nc(NC(=O)CN(C)S(=O)(=O)c3ccc4c(c3)C(=O)NCC(=O)N4)sc2c1. The summed E-state index contributed by atoms with van der Waals surface area (Å²) >= 11 is 1.23. The molecule has 13 heteroatoms. The minimum Gasteiger partial charge on any atom is -0.497 e. The molecule has 0 bridgehead atoms. The first-order chi connectivity index (χ1) is 15.7. The molecule has 1 aliphatic rings. The number of thiazole rings is 1. The van der Waals surface area contributed by atoms with Gasteiger partial charge in [0.1, 0.15) is 5.75 Å².